The molecule has 0 aromatic heterocycles. The molecule has 0 amide bonds. The topological polar surface area (TPSA) is 79.0 Å². The van der Waals surface area contributed by atoms with E-state index in [1.165, 1.54) is 31.4 Å². The van der Waals surface area contributed by atoms with Crippen LogP contribution in [0, 0.1) is 5.92 Å². The average molecular weight is 260 g/mol. The predicted molar refractivity (Wildman–Crippen MR) is 70.8 cm³/mol. The van der Waals surface area contributed by atoms with Gasteiger partial charge in [-0.05, 0) is 25.2 Å². The molecule has 1 saturated carbocycles. The molecule has 1 unspecified atom stereocenters. The second-order valence-electron chi connectivity index (χ2n) is 5.43. The maximum absolute atomic E-state index is 9.95. The number of aliphatic hydroxyl groups is 2. The Morgan fingerprint density at radius 1 is 1.22 bits per heavy atom. The average Bonchev–Trinajstić information content (AvgIpc) is 2.39. The van der Waals surface area contributed by atoms with Crippen molar-refractivity contribution in [1.29, 1.82) is 0 Å². The van der Waals surface area contributed by atoms with Crippen LogP contribution in [0.2, 0.25) is 0 Å². The molecule has 0 radical (unpaired) electrons. The normalized spacial score (nSPS) is 23.0. The molecule has 3 atom stereocenters. The molecule has 1 rings (SSSR count). The van der Waals surface area contributed by atoms with Crippen LogP contribution < -0.4 is 5.73 Å². The molecular formula is C13H28N2O3. The number of rotatable bonds is 7. The van der Waals surface area contributed by atoms with Gasteiger partial charge in [-0.3, -0.25) is 0 Å². The largest absolute Gasteiger partial charge is 0.390 e. The van der Waals surface area contributed by atoms with E-state index in [0.717, 1.165) is 12.8 Å². The number of likely N-dealkylation sites (N-methyl/N-ethyl adjacent to an activating group) is 1. The molecule has 4 N–H and O–H groups in total. The number of aliphatic hydroxyl groups excluding tert-OH is 2. The molecule has 18 heavy (non-hydrogen) atoms. The van der Waals surface area contributed by atoms with Crippen LogP contribution in [0.3, 0.4) is 0 Å². The van der Waals surface area contributed by atoms with Crippen molar-refractivity contribution in [2.45, 2.75) is 56.8 Å². The minimum absolute atomic E-state index is 0.0113. The molecular weight excluding hydrogens is 232 g/mol. The highest BCUT2D eigenvalue weighted by molar-refractivity contribution is 4.81. The molecule has 108 valence electrons. The Labute approximate surface area is 110 Å². The summed E-state index contributed by atoms with van der Waals surface area (Å²) in [6, 6.07) is -0.0113. The summed E-state index contributed by atoms with van der Waals surface area (Å²) in [6.07, 6.45) is 4.96. The maximum Gasteiger partial charge on any atom is 0.0949 e. The van der Waals surface area contributed by atoms with E-state index >= 15 is 0 Å². The van der Waals surface area contributed by atoms with Crippen molar-refractivity contribution < 1.29 is 15.1 Å². The van der Waals surface area contributed by atoms with Crippen molar-refractivity contribution in [3.05, 3.63) is 0 Å². The Bertz CT molecular complexity index is 222. The van der Waals surface area contributed by atoms with Gasteiger partial charge in [-0.2, -0.15) is 5.06 Å². The van der Waals surface area contributed by atoms with Crippen LogP contribution in [0.5, 0.6) is 0 Å². The number of nitrogens with zero attached hydrogens (tertiary/aromatic N) is 1. The second-order valence-corrected chi connectivity index (χ2v) is 5.43. The van der Waals surface area contributed by atoms with Crippen LogP contribution in [0.1, 0.15) is 38.5 Å². The Morgan fingerprint density at radius 3 is 2.39 bits per heavy atom. The van der Waals surface area contributed by atoms with Crippen molar-refractivity contribution in [3.8, 4) is 0 Å². The summed E-state index contributed by atoms with van der Waals surface area (Å²) >= 11 is 0. The van der Waals surface area contributed by atoms with E-state index in [9.17, 15) is 10.2 Å². The lowest BCUT2D eigenvalue weighted by molar-refractivity contribution is -0.142. The van der Waals surface area contributed by atoms with Crippen LogP contribution >= 0.6 is 0 Å². The number of hydroxylamine groups is 2. The van der Waals surface area contributed by atoms with Crippen molar-refractivity contribution in [2.75, 3.05) is 20.7 Å². The molecule has 5 heteroatoms. The SMILES string of the molecule is CON(C)C[C@H](O)[C@H](O)CC(N)C1CCCCC1. The van der Waals surface area contributed by atoms with Crippen molar-refractivity contribution >= 4 is 0 Å². The zero-order chi connectivity index (χ0) is 13.5. The maximum atomic E-state index is 9.95. The van der Waals surface area contributed by atoms with Crippen LogP contribution in [0.25, 0.3) is 0 Å². The molecule has 1 aliphatic carbocycles. The first-order valence-corrected chi connectivity index (χ1v) is 6.91. The van der Waals surface area contributed by atoms with E-state index in [0.29, 0.717) is 12.3 Å². The minimum Gasteiger partial charge on any atom is -0.390 e. The molecule has 0 bridgehead atoms. The lowest BCUT2D eigenvalue weighted by Crippen LogP contribution is -2.42. The van der Waals surface area contributed by atoms with E-state index < -0.39 is 12.2 Å². The third-order valence-electron chi connectivity index (χ3n) is 3.97. The van der Waals surface area contributed by atoms with Gasteiger partial charge < -0.3 is 20.8 Å². The fourth-order valence-corrected chi connectivity index (χ4v) is 2.65. The van der Waals surface area contributed by atoms with Gasteiger partial charge in [0.2, 0.25) is 0 Å². The molecule has 0 heterocycles. The Balaban J connectivity index is 2.30. The quantitative estimate of drug-likeness (QED) is 0.581. The van der Waals surface area contributed by atoms with E-state index in [2.05, 4.69) is 0 Å². The summed E-state index contributed by atoms with van der Waals surface area (Å²) in [5, 5.41) is 21.3. The number of nitrogens with two attached hydrogens (primary N) is 1. The van der Waals surface area contributed by atoms with E-state index in [4.69, 9.17) is 10.6 Å². The first kappa shape index (κ1) is 15.9. The minimum atomic E-state index is -0.815. The van der Waals surface area contributed by atoms with Gasteiger partial charge in [-0.15, -0.1) is 0 Å². The smallest absolute Gasteiger partial charge is 0.0949 e. The molecule has 0 saturated heterocycles. The van der Waals surface area contributed by atoms with E-state index in [1.54, 1.807) is 7.05 Å². The van der Waals surface area contributed by atoms with Crippen molar-refractivity contribution in [1.82, 2.24) is 5.06 Å². The number of hydrogen-bond acceptors (Lipinski definition) is 5. The van der Waals surface area contributed by atoms with Gasteiger partial charge in [0.25, 0.3) is 0 Å². The van der Waals surface area contributed by atoms with Crippen LogP contribution in [0.4, 0.5) is 0 Å². The zero-order valence-electron chi connectivity index (χ0n) is 11.6. The number of hydrogen-bond donors (Lipinski definition) is 3. The van der Waals surface area contributed by atoms with Crippen LogP contribution in [0.15, 0.2) is 0 Å². The summed E-state index contributed by atoms with van der Waals surface area (Å²) in [5.74, 6) is 0.501. The highest BCUT2D eigenvalue weighted by Crippen LogP contribution is 2.27. The zero-order valence-corrected chi connectivity index (χ0v) is 11.6. The Kier molecular flexibility index (Phi) is 7.11. The Morgan fingerprint density at radius 2 is 1.83 bits per heavy atom. The standard InChI is InChI=1S/C13H28N2O3/c1-15(18-2)9-13(17)12(16)8-11(14)10-6-4-3-5-7-10/h10-13,16-17H,3-9,14H2,1-2H3/t11?,12-,13+/m1/s1. The molecule has 1 fully saturated rings. The van der Waals surface area contributed by atoms with Gasteiger partial charge in [-0.1, -0.05) is 19.3 Å². The monoisotopic (exact) mass is 260 g/mol. The third kappa shape index (κ3) is 5.20. The van der Waals surface area contributed by atoms with Crippen molar-refractivity contribution in [3.63, 3.8) is 0 Å². The van der Waals surface area contributed by atoms with E-state index in [1.807, 2.05) is 0 Å². The summed E-state index contributed by atoms with van der Waals surface area (Å²) in [4.78, 5) is 4.92. The fraction of sp³-hybridized carbons (Fsp3) is 1.00. The van der Waals surface area contributed by atoms with E-state index in [-0.39, 0.29) is 12.6 Å². The third-order valence-corrected chi connectivity index (χ3v) is 3.97. The highest BCUT2D eigenvalue weighted by atomic mass is 16.7. The lowest BCUT2D eigenvalue weighted by atomic mass is 9.82. The van der Waals surface area contributed by atoms with Gasteiger partial charge in [-0.25, -0.2) is 0 Å². The lowest BCUT2D eigenvalue weighted by Gasteiger charge is -2.30. The first-order chi connectivity index (χ1) is 8.54. The van der Waals surface area contributed by atoms with Crippen LogP contribution in [-0.4, -0.2) is 54.2 Å². The summed E-state index contributed by atoms with van der Waals surface area (Å²) in [6.45, 7) is 0.287. The second kappa shape index (κ2) is 8.07. The highest BCUT2D eigenvalue weighted by Gasteiger charge is 2.26. The summed E-state index contributed by atoms with van der Waals surface area (Å²) in [7, 11) is 3.25. The van der Waals surface area contributed by atoms with Gasteiger partial charge in [0.05, 0.1) is 25.9 Å². The van der Waals surface area contributed by atoms with Gasteiger partial charge in [0.1, 0.15) is 0 Å². The predicted octanol–water partition coefficient (Wildman–Crippen LogP) is 0.499. The van der Waals surface area contributed by atoms with Gasteiger partial charge in [0, 0.05) is 13.1 Å². The molecule has 1 aliphatic rings. The molecule has 5 nitrogen and oxygen atoms in total. The fourth-order valence-electron chi connectivity index (χ4n) is 2.65. The molecule has 0 aromatic rings. The first-order valence-electron chi connectivity index (χ1n) is 6.91. The van der Waals surface area contributed by atoms with Crippen LogP contribution in [-0.2, 0) is 4.84 Å². The molecule has 0 aromatic carbocycles. The summed E-state index contributed by atoms with van der Waals surface area (Å²) in [5.41, 5.74) is 6.13. The van der Waals surface area contributed by atoms with Gasteiger partial charge in [0.15, 0.2) is 0 Å². The Hall–Kier alpha value is -0.200. The van der Waals surface area contributed by atoms with Crippen molar-refractivity contribution in [2.24, 2.45) is 11.7 Å². The molecule has 0 aliphatic heterocycles. The van der Waals surface area contributed by atoms with Gasteiger partial charge >= 0.3 is 0 Å². The summed E-state index contributed by atoms with van der Waals surface area (Å²) < 4.78 is 0. The molecule has 0 spiro atoms.